The average Bonchev–Trinajstić information content (AvgIpc) is 2.95. The molecular weight excluding hydrogens is 362 g/mol. The zero-order chi connectivity index (χ0) is 19.2. The Kier molecular flexibility index (Phi) is 5.93. The van der Waals surface area contributed by atoms with Gasteiger partial charge in [-0.1, -0.05) is 30.3 Å². The normalized spacial score (nSPS) is 16.9. The van der Waals surface area contributed by atoms with E-state index in [1.165, 1.54) is 11.8 Å². The maximum atomic E-state index is 12.7. The lowest BCUT2D eigenvalue weighted by molar-refractivity contribution is -0.122. The van der Waals surface area contributed by atoms with Gasteiger partial charge < -0.3 is 10.5 Å². The monoisotopic (exact) mass is 381 g/mol. The fraction of sp³-hybridized carbons (Fsp3) is 0.150. The number of nitrogens with zero attached hydrogens (tertiary/aromatic N) is 2. The number of benzene rings is 2. The molecule has 1 fully saturated rings. The van der Waals surface area contributed by atoms with Crippen molar-refractivity contribution in [2.75, 3.05) is 13.2 Å². The maximum Gasteiger partial charge on any atom is 0.266 e. The van der Waals surface area contributed by atoms with Crippen molar-refractivity contribution in [3.63, 3.8) is 0 Å². The number of hydrogen-bond acceptors (Lipinski definition) is 5. The molecule has 3 rings (SSSR count). The Hall–Kier alpha value is -3.06. The second kappa shape index (κ2) is 8.55. The standard InChI is InChI=1S/C20H19N3O3S/c1-2-23-19(25)17(27-20(23)22-15-8-4-3-5-9-15)12-14-7-6-10-16(11-14)26-13-18(21)24/h3-12H,2,13H2,1H3,(H2,21,24)/b17-12+,22-20?. The van der Waals surface area contributed by atoms with E-state index >= 15 is 0 Å². The molecule has 6 nitrogen and oxygen atoms in total. The zero-order valence-corrected chi connectivity index (χ0v) is 15.6. The number of amides is 2. The molecule has 1 saturated heterocycles. The first-order chi connectivity index (χ1) is 13.1. The van der Waals surface area contributed by atoms with Gasteiger partial charge in [0.2, 0.25) is 0 Å². The zero-order valence-electron chi connectivity index (χ0n) is 14.8. The lowest BCUT2D eigenvalue weighted by atomic mass is 10.2. The van der Waals surface area contributed by atoms with Crippen LogP contribution in [0.25, 0.3) is 6.08 Å². The van der Waals surface area contributed by atoms with Crippen LogP contribution in [0.5, 0.6) is 5.75 Å². The van der Waals surface area contributed by atoms with Crippen LogP contribution in [-0.4, -0.2) is 35.0 Å². The molecule has 0 spiro atoms. The minimum atomic E-state index is -0.541. The second-order valence-electron chi connectivity index (χ2n) is 5.72. The Labute approximate surface area is 161 Å². The number of para-hydroxylation sites is 1. The molecule has 2 amide bonds. The van der Waals surface area contributed by atoms with Gasteiger partial charge in [0.25, 0.3) is 11.8 Å². The number of amidine groups is 1. The minimum absolute atomic E-state index is 0.0827. The van der Waals surface area contributed by atoms with Crippen LogP contribution in [0, 0.1) is 0 Å². The van der Waals surface area contributed by atoms with Crippen LogP contribution in [0.3, 0.4) is 0 Å². The molecule has 1 aliphatic heterocycles. The smallest absolute Gasteiger partial charge is 0.266 e. The highest BCUT2D eigenvalue weighted by Gasteiger charge is 2.32. The number of carbonyl (C=O) groups excluding carboxylic acids is 2. The summed E-state index contributed by atoms with van der Waals surface area (Å²) in [5.41, 5.74) is 6.69. The topological polar surface area (TPSA) is 85.0 Å². The summed E-state index contributed by atoms with van der Waals surface area (Å²) >= 11 is 1.34. The number of rotatable bonds is 6. The van der Waals surface area contributed by atoms with Gasteiger partial charge in [0.15, 0.2) is 11.8 Å². The van der Waals surface area contributed by atoms with Crippen molar-refractivity contribution in [2.45, 2.75) is 6.92 Å². The molecule has 0 radical (unpaired) electrons. The average molecular weight is 381 g/mol. The Balaban J connectivity index is 1.84. The summed E-state index contributed by atoms with van der Waals surface area (Å²) in [6.07, 6.45) is 1.79. The van der Waals surface area contributed by atoms with Crippen LogP contribution in [0.2, 0.25) is 0 Å². The highest BCUT2D eigenvalue weighted by molar-refractivity contribution is 8.18. The van der Waals surface area contributed by atoms with E-state index in [0.717, 1.165) is 11.3 Å². The third-order valence-corrected chi connectivity index (χ3v) is 4.73. The first kappa shape index (κ1) is 18.7. The van der Waals surface area contributed by atoms with E-state index in [1.807, 2.05) is 43.3 Å². The molecule has 0 aliphatic carbocycles. The molecule has 2 aromatic carbocycles. The Morgan fingerprint density at radius 1 is 1.22 bits per heavy atom. The number of hydrogen-bond donors (Lipinski definition) is 1. The largest absolute Gasteiger partial charge is 0.484 e. The van der Waals surface area contributed by atoms with Crippen molar-refractivity contribution in [3.05, 3.63) is 65.1 Å². The van der Waals surface area contributed by atoms with Crippen molar-refractivity contribution in [1.82, 2.24) is 4.90 Å². The molecule has 7 heteroatoms. The molecule has 138 valence electrons. The summed E-state index contributed by atoms with van der Waals surface area (Å²) in [6, 6.07) is 16.7. The van der Waals surface area contributed by atoms with Crippen LogP contribution in [-0.2, 0) is 9.59 Å². The molecule has 0 atom stereocenters. The highest BCUT2D eigenvalue weighted by atomic mass is 32.2. The Morgan fingerprint density at radius 2 is 2.00 bits per heavy atom. The number of thioether (sulfide) groups is 1. The predicted molar refractivity (Wildman–Crippen MR) is 108 cm³/mol. The summed E-state index contributed by atoms with van der Waals surface area (Å²) in [5.74, 6) is -0.106. The third kappa shape index (κ3) is 4.77. The molecule has 0 bridgehead atoms. The fourth-order valence-electron chi connectivity index (χ4n) is 2.48. The summed E-state index contributed by atoms with van der Waals surface area (Å²) < 4.78 is 5.31. The quantitative estimate of drug-likeness (QED) is 0.779. The lowest BCUT2D eigenvalue weighted by Crippen LogP contribution is -2.28. The van der Waals surface area contributed by atoms with Crippen molar-refractivity contribution in [3.8, 4) is 5.75 Å². The number of aliphatic imine (C=N–C) groups is 1. The van der Waals surface area contributed by atoms with Gasteiger partial charge in [0.1, 0.15) is 5.75 Å². The van der Waals surface area contributed by atoms with Gasteiger partial charge in [-0.05, 0) is 54.6 Å². The fourth-order valence-corrected chi connectivity index (χ4v) is 3.55. The number of nitrogens with two attached hydrogens (primary N) is 1. The number of carbonyl (C=O) groups is 2. The summed E-state index contributed by atoms with van der Waals surface area (Å²) in [4.78, 5) is 30.4. The van der Waals surface area contributed by atoms with Gasteiger partial charge >= 0.3 is 0 Å². The maximum absolute atomic E-state index is 12.7. The van der Waals surface area contributed by atoms with Crippen LogP contribution < -0.4 is 10.5 Å². The van der Waals surface area contributed by atoms with Gasteiger partial charge in [-0.2, -0.15) is 0 Å². The molecular formula is C20H19N3O3S. The molecule has 2 N–H and O–H groups in total. The van der Waals surface area contributed by atoms with Crippen molar-refractivity contribution < 1.29 is 14.3 Å². The van der Waals surface area contributed by atoms with Gasteiger partial charge in [-0.3, -0.25) is 14.5 Å². The van der Waals surface area contributed by atoms with E-state index in [-0.39, 0.29) is 12.5 Å². The van der Waals surface area contributed by atoms with Crippen molar-refractivity contribution in [2.24, 2.45) is 10.7 Å². The van der Waals surface area contributed by atoms with Crippen LogP contribution in [0.15, 0.2) is 64.5 Å². The van der Waals surface area contributed by atoms with E-state index in [2.05, 4.69) is 4.99 Å². The Morgan fingerprint density at radius 3 is 2.70 bits per heavy atom. The number of likely N-dealkylation sites (N-methyl/N-ethyl adjacent to an activating group) is 1. The molecule has 0 saturated carbocycles. The van der Waals surface area contributed by atoms with Gasteiger partial charge in [-0.15, -0.1) is 0 Å². The van der Waals surface area contributed by atoms with Crippen molar-refractivity contribution in [1.29, 1.82) is 0 Å². The first-order valence-electron chi connectivity index (χ1n) is 8.43. The molecule has 1 aliphatic rings. The number of primary amides is 1. The first-order valence-corrected chi connectivity index (χ1v) is 9.25. The van der Waals surface area contributed by atoms with E-state index in [0.29, 0.717) is 22.4 Å². The Bertz CT molecular complexity index is 910. The molecule has 0 aromatic heterocycles. The van der Waals surface area contributed by atoms with Gasteiger partial charge in [0, 0.05) is 6.54 Å². The van der Waals surface area contributed by atoms with Crippen LogP contribution in [0.4, 0.5) is 5.69 Å². The minimum Gasteiger partial charge on any atom is -0.484 e. The number of ether oxygens (including phenoxy) is 1. The summed E-state index contributed by atoms with van der Waals surface area (Å²) in [5, 5.41) is 0.654. The highest BCUT2D eigenvalue weighted by Crippen LogP contribution is 2.34. The molecule has 0 unspecified atom stereocenters. The third-order valence-electron chi connectivity index (χ3n) is 3.72. The van der Waals surface area contributed by atoms with E-state index in [9.17, 15) is 9.59 Å². The van der Waals surface area contributed by atoms with Crippen LogP contribution >= 0.6 is 11.8 Å². The molecule has 27 heavy (non-hydrogen) atoms. The van der Waals surface area contributed by atoms with E-state index < -0.39 is 5.91 Å². The lowest BCUT2D eigenvalue weighted by Gasteiger charge is -2.11. The van der Waals surface area contributed by atoms with Crippen LogP contribution in [0.1, 0.15) is 12.5 Å². The SMILES string of the molecule is CCN1C(=O)/C(=C\c2cccc(OCC(N)=O)c2)SC1=Nc1ccccc1. The summed E-state index contributed by atoms with van der Waals surface area (Å²) in [6.45, 7) is 2.27. The second-order valence-corrected chi connectivity index (χ2v) is 6.73. The van der Waals surface area contributed by atoms with Gasteiger partial charge in [0.05, 0.1) is 10.6 Å². The van der Waals surface area contributed by atoms with Crippen molar-refractivity contribution >= 4 is 40.5 Å². The molecule has 1 heterocycles. The summed E-state index contributed by atoms with van der Waals surface area (Å²) in [7, 11) is 0. The van der Waals surface area contributed by atoms with E-state index in [1.54, 1.807) is 29.2 Å². The molecule has 2 aromatic rings. The van der Waals surface area contributed by atoms with E-state index in [4.69, 9.17) is 10.5 Å². The predicted octanol–water partition coefficient (Wildman–Crippen LogP) is 3.17. The van der Waals surface area contributed by atoms with Gasteiger partial charge in [-0.25, -0.2) is 4.99 Å².